The molecule has 0 saturated heterocycles. The Morgan fingerprint density at radius 3 is 2.80 bits per heavy atom. The van der Waals surface area contributed by atoms with E-state index in [9.17, 15) is 9.50 Å². The van der Waals surface area contributed by atoms with E-state index in [4.69, 9.17) is 0 Å². The summed E-state index contributed by atoms with van der Waals surface area (Å²) in [5.74, 6) is 0.549. The molecular formula is C12H16FNO. The van der Waals surface area contributed by atoms with Gasteiger partial charge in [0.15, 0.2) is 0 Å². The van der Waals surface area contributed by atoms with Gasteiger partial charge in [0, 0.05) is 17.6 Å². The summed E-state index contributed by atoms with van der Waals surface area (Å²) in [5.41, 5.74) is 0.633. The minimum Gasteiger partial charge on any atom is -0.508 e. The van der Waals surface area contributed by atoms with Gasteiger partial charge >= 0.3 is 0 Å². The van der Waals surface area contributed by atoms with Gasteiger partial charge in [-0.3, -0.25) is 0 Å². The molecular weight excluding hydrogens is 193 g/mol. The predicted octanol–water partition coefficient (Wildman–Crippen LogP) is 2.59. The topological polar surface area (TPSA) is 32.3 Å². The fraction of sp³-hybridized carbons (Fsp3) is 0.500. The van der Waals surface area contributed by atoms with Crippen molar-refractivity contribution >= 4 is 0 Å². The third-order valence-corrected chi connectivity index (χ3v) is 3.03. The van der Waals surface area contributed by atoms with E-state index < -0.39 is 0 Å². The van der Waals surface area contributed by atoms with Crippen LogP contribution in [-0.4, -0.2) is 11.1 Å². The number of hydrogen-bond donors (Lipinski definition) is 2. The number of benzene rings is 1. The summed E-state index contributed by atoms with van der Waals surface area (Å²) in [6.07, 6.45) is 1.17. The van der Waals surface area contributed by atoms with Crippen LogP contribution in [0.15, 0.2) is 18.2 Å². The molecule has 2 rings (SSSR count). The average Bonchev–Trinajstić information content (AvgIpc) is 2.86. The van der Waals surface area contributed by atoms with Crippen LogP contribution in [0.2, 0.25) is 0 Å². The largest absolute Gasteiger partial charge is 0.508 e. The summed E-state index contributed by atoms with van der Waals surface area (Å²) >= 11 is 0. The normalized spacial score (nSPS) is 26.3. The molecule has 3 atom stereocenters. The molecule has 1 saturated carbocycles. The minimum absolute atomic E-state index is 0.00403. The maximum atomic E-state index is 13.0. The number of phenolic OH excluding ortho intramolecular Hbond substituents is 1. The molecule has 0 aromatic heterocycles. The highest BCUT2D eigenvalue weighted by Gasteiger charge is 2.33. The molecule has 0 spiro atoms. The maximum Gasteiger partial charge on any atom is 0.123 e. The van der Waals surface area contributed by atoms with E-state index in [2.05, 4.69) is 12.2 Å². The first-order valence-corrected chi connectivity index (χ1v) is 5.32. The molecule has 2 nitrogen and oxygen atoms in total. The Hall–Kier alpha value is -1.09. The molecule has 0 heterocycles. The van der Waals surface area contributed by atoms with Crippen molar-refractivity contribution in [3.8, 4) is 5.75 Å². The number of rotatable bonds is 3. The van der Waals surface area contributed by atoms with Gasteiger partial charge < -0.3 is 10.4 Å². The van der Waals surface area contributed by atoms with Crippen molar-refractivity contribution in [2.45, 2.75) is 32.4 Å². The van der Waals surface area contributed by atoms with E-state index in [-0.39, 0.29) is 17.6 Å². The SMILES string of the molecule is CC(NC1CC1C)c1cc(F)ccc1O. The summed E-state index contributed by atoms with van der Waals surface area (Å²) in [4.78, 5) is 0. The standard InChI is InChI=1S/C12H16FNO/c1-7-5-11(7)14-8(2)10-6-9(13)3-4-12(10)15/h3-4,6-8,11,14-15H,5H2,1-2H3. The molecule has 0 bridgehead atoms. The molecule has 1 aromatic carbocycles. The maximum absolute atomic E-state index is 13.0. The van der Waals surface area contributed by atoms with Gasteiger partial charge in [-0.2, -0.15) is 0 Å². The molecule has 3 heteroatoms. The van der Waals surface area contributed by atoms with Crippen LogP contribution in [0, 0.1) is 11.7 Å². The lowest BCUT2D eigenvalue weighted by Gasteiger charge is -2.15. The monoisotopic (exact) mass is 209 g/mol. The fourth-order valence-electron chi connectivity index (χ4n) is 1.84. The highest BCUT2D eigenvalue weighted by molar-refractivity contribution is 5.35. The first-order valence-electron chi connectivity index (χ1n) is 5.32. The van der Waals surface area contributed by atoms with Gasteiger partial charge in [-0.05, 0) is 37.5 Å². The molecule has 0 amide bonds. The van der Waals surface area contributed by atoms with Gasteiger partial charge in [0.1, 0.15) is 11.6 Å². The first kappa shape index (κ1) is 10.4. The van der Waals surface area contributed by atoms with Crippen LogP contribution in [0.1, 0.15) is 31.9 Å². The number of phenols is 1. The van der Waals surface area contributed by atoms with Crippen LogP contribution >= 0.6 is 0 Å². The fourth-order valence-corrected chi connectivity index (χ4v) is 1.84. The lowest BCUT2D eigenvalue weighted by atomic mass is 10.1. The third-order valence-electron chi connectivity index (χ3n) is 3.03. The smallest absolute Gasteiger partial charge is 0.123 e. The van der Waals surface area contributed by atoms with Crippen LogP contribution in [0.25, 0.3) is 0 Å². The Balaban J connectivity index is 2.10. The number of aromatic hydroxyl groups is 1. The highest BCUT2D eigenvalue weighted by Crippen LogP contribution is 2.33. The van der Waals surface area contributed by atoms with Crippen molar-refractivity contribution in [3.63, 3.8) is 0 Å². The molecule has 1 aliphatic carbocycles. The molecule has 15 heavy (non-hydrogen) atoms. The molecule has 1 aliphatic rings. The first-order chi connectivity index (χ1) is 7.08. The summed E-state index contributed by atoms with van der Waals surface area (Å²) in [6, 6.07) is 4.57. The Labute approximate surface area is 89.1 Å². The Kier molecular flexibility index (Phi) is 2.65. The molecule has 1 aromatic rings. The van der Waals surface area contributed by atoms with E-state index in [1.54, 1.807) is 0 Å². The molecule has 1 fully saturated rings. The van der Waals surface area contributed by atoms with Crippen LogP contribution in [0.5, 0.6) is 5.75 Å². The Morgan fingerprint density at radius 2 is 2.20 bits per heavy atom. The van der Waals surface area contributed by atoms with Crippen molar-refractivity contribution in [1.29, 1.82) is 0 Å². The number of hydrogen-bond acceptors (Lipinski definition) is 2. The second-order valence-corrected chi connectivity index (χ2v) is 4.41. The Bertz CT molecular complexity index is 367. The zero-order chi connectivity index (χ0) is 11.0. The molecule has 0 radical (unpaired) electrons. The summed E-state index contributed by atoms with van der Waals surface area (Å²) in [7, 11) is 0. The van der Waals surface area contributed by atoms with E-state index >= 15 is 0 Å². The van der Waals surface area contributed by atoms with Crippen LogP contribution in [0.4, 0.5) is 4.39 Å². The summed E-state index contributed by atoms with van der Waals surface area (Å²) < 4.78 is 13.0. The molecule has 82 valence electrons. The summed E-state index contributed by atoms with van der Waals surface area (Å²) in [6.45, 7) is 4.12. The van der Waals surface area contributed by atoms with E-state index in [1.165, 1.54) is 24.6 Å². The van der Waals surface area contributed by atoms with Gasteiger partial charge in [0.25, 0.3) is 0 Å². The van der Waals surface area contributed by atoms with Crippen molar-refractivity contribution in [1.82, 2.24) is 5.32 Å². The molecule has 2 N–H and O–H groups in total. The third kappa shape index (κ3) is 2.29. The van der Waals surface area contributed by atoms with Crippen molar-refractivity contribution in [3.05, 3.63) is 29.6 Å². The summed E-state index contributed by atoms with van der Waals surface area (Å²) in [5, 5.41) is 13.0. The van der Waals surface area contributed by atoms with E-state index in [0.717, 1.165) is 0 Å². The zero-order valence-corrected chi connectivity index (χ0v) is 9.00. The van der Waals surface area contributed by atoms with Crippen molar-refractivity contribution in [2.24, 2.45) is 5.92 Å². The second kappa shape index (κ2) is 3.81. The Morgan fingerprint density at radius 1 is 1.53 bits per heavy atom. The van der Waals surface area contributed by atoms with Gasteiger partial charge in [-0.25, -0.2) is 4.39 Å². The van der Waals surface area contributed by atoms with Crippen molar-refractivity contribution < 1.29 is 9.50 Å². The van der Waals surface area contributed by atoms with Crippen LogP contribution < -0.4 is 5.32 Å². The van der Waals surface area contributed by atoms with Gasteiger partial charge in [-0.1, -0.05) is 6.92 Å². The second-order valence-electron chi connectivity index (χ2n) is 4.41. The van der Waals surface area contributed by atoms with Gasteiger partial charge in [0.05, 0.1) is 0 Å². The highest BCUT2D eigenvalue weighted by atomic mass is 19.1. The molecule has 3 unspecified atom stereocenters. The van der Waals surface area contributed by atoms with E-state index in [0.29, 0.717) is 17.5 Å². The van der Waals surface area contributed by atoms with Crippen molar-refractivity contribution in [2.75, 3.05) is 0 Å². The van der Waals surface area contributed by atoms with Crippen LogP contribution in [-0.2, 0) is 0 Å². The molecule has 0 aliphatic heterocycles. The van der Waals surface area contributed by atoms with E-state index in [1.807, 2.05) is 6.92 Å². The van der Waals surface area contributed by atoms with Crippen LogP contribution in [0.3, 0.4) is 0 Å². The average molecular weight is 209 g/mol. The number of halogens is 1. The minimum atomic E-state index is -0.305. The van der Waals surface area contributed by atoms with Gasteiger partial charge in [-0.15, -0.1) is 0 Å². The predicted molar refractivity (Wildman–Crippen MR) is 57.2 cm³/mol. The van der Waals surface area contributed by atoms with Gasteiger partial charge in [0.2, 0.25) is 0 Å². The number of nitrogens with one attached hydrogen (secondary N) is 1. The quantitative estimate of drug-likeness (QED) is 0.802. The zero-order valence-electron chi connectivity index (χ0n) is 9.00. The lowest BCUT2D eigenvalue weighted by Crippen LogP contribution is -2.22. The lowest BCUT2D eigenvalue weighted by molar-refractivity contribution is 0.447.